The third-order valence-electron chi connectivity index (χ3n) is 5.16. The summed E-state index contributed by atoms with van der Waals surface area (Å²) in [4.78, 5) is 2.74. The van der Waals surface area contributed by atoms with Crippen LogP contribution in [0, 0.1) is 17.8 Å². The lowest BCUT2D eigenvalue weighted by molar-refractivity contribution is 0.287. The van der Waals surface area contributed by atoms with E-state index in [1.54, 1.807) is 0 Å². The minimum Gasteiger partial charge on any atom is -0.330 e. The molecule has 0 aromatic carbocycles. The summed E-state index contributed by atoms with van der Waals surface area (Å²) in [5, 5.41) is 0. The van der Waals surface area contributed by atoms with Gasteiger partial charge >= 0.3 is 0 Å². The molecule has 2 fully saturated rings. The second-order valence-corrected chi connectivity index (χ2v) is 6.58. The van der Waals surface area contributed by atoms with Crippen molar-refractivity contribution in [3.63, 3.8) is 0 Å². The minimum absolute atomic E-state index is 0.874. The highest BCUT2D eigenvalue weighted by Gasteiger charge is 2.35. The summed E-state index contributed by atoms with van der Waals surface area (Å²) >= 11 is 0. The Morgan fingerprint density at radius 1 is 1.11 bits per heavy atom. The Balaban J connectivity index is 1.60. The molecule has 1 aliphatic heterocycles. The van der Waals surface area contributed by atoms with Crippen molar-refractivity contribution in [1.29, 1.82) is 0 Å². The predicted molar refractivity (Wildman–Crippen MR) is 78.6 cm³/mol. The fourth-order valence-corrected chi connectivity index (χ4v) is 4.20. The number of likely N-dealkylation sites (tertiary alicyclic amines) is 1. The van der Waals surface area contributed by atoms with Gasteiger partial charge in [0.2, 0.25) is 0 Å². The Morgan fingerprint density at radius 3 is 2.44 bits per heavy atom. The number of hydrogen-bond donors (Lipinski definition) is 1. The second-order valence-electron chi connectivity index (χ2n) is 6.58. The molecule has 2 nitrogen and oxygen atoms in total. The quantitative estimate of drug-likeness (QED) is 0.718. The van der Waals surface area contributed by atoms with Gasteiger partial charge in [-0.15, -0.1) is 0 Å². The lowest BCUT2D eigenvalue weighted by Crippen LogP contribution is -2.23. The van der Waals surface area contributed by atoms with E-state index in [0.717, 1.165) is 24.3 Å². The van der Waals surface area contributed by atoms with Gasteiger partial charge in [-0.1, -0.05) is 26.2 Å². The van der Waals surface area contributed by atoms with Gasteiger partial charge in [-0.05, 0) is 62.9 Å². The van der Waals surface area contributed by atoms with Crippen molar-refractivity contribution >= 4 is 0 Å². The van der Waals surface area contributed by atoms with Gasteiger partial charge in [-0.2, -0.15) is 0 Å². The molecule has 3 atom stereocenters. The van der Waals surface area contributed by atoms with Crippen LogP contribution in [-0.4, -0.2) is 31.1 Å². The van der Waals surface area contributed by atoms with Crippen LogP contribution in [0.4, 0.5) is 0 Å². The molecule has 0 aromatic rings. The maximum absolute atomic E-state index is 5.71. The molecule has 0 bridgehead atoms. The molecule has 1 saturated heterocycles. The monoisotopic (exact) mass is 252 g/mol. The highest BCUT2D eigenvalue weighted by molar-refractivity contribution is 4.88. The van der Waals surface area contributed by atoms with Crippen molar-refractivity contribution < 1.29 is 0 Å². The molecule has 2 aliphatic rings. The van der Waals surface area contributed by atoms with E-state index in [-0.39, 0.29) is 0 Å². The van der Waals surface area contributed by atoms with Crippen LogP contribution < -0.4 is 5.73 Å². The molecule has 106 valence electrons. The second kappa shape index (κ2) is 7.49. The Labute approximate surface area is 113 Å². The summed E-state index contributed by atoms with van der Waals surface area (Å²) < 4.78 is 0. The molecule has 1 heterocycles. The zero-order chi connectivity index (χ0) is 12.8. The molecule has 0 radical (unpaired) electrons. The first-order valence-corrected chi connectivity index (χ1v) is 8.26. The van der Waals surface area contributed by atoms with Crippen LogP contribution in [0.1, 0.15) is 58.3 Å². The van der Waals surface area contributed by atoms with Crippen LogP contribution in [0.3, 0.4) is 0 Å². The van der Waals surface area contributed by atoms with Crippen molar-refractivity contribution in [2.24, 2.45) is 23.5 Å². The molecule has 1 saturated carbocycles. The van der Waals surface area contributed by atoms with Crippen LogP contribution in [-0.2, 0) is 0 Å². The maximum atomic E-state index is 5.71. The fraction of sp³-hybridized carbons (Fsp3) is 1.00. The normalized spacial score (nSPS) is 29.7. The van der Waals surface area contributed by atoms with Crippen molar-refractivity contribution in [3.8, 4) is 0 Å². The third-order valence-corrected chi connectivity index (χ3v) is 5.16. The van der Waals surface area contributed by atoms with Gasteiger partial charge in [-0.3, -0.25) is 0 Å². The zero-order valence-corrected chi connectivity index (χ0v) is 12.2. The molecular weight excluding hydrogens is 220 g/mol. The third kappa shape index (κ3) is 3.96. The van der Waals surface area contributed by atoms with Gasteiger partial charge < -0.3 is 10.6 Å². The SMILES string of the molecule is CCCC(CCN)CCCN1CC2CCCC2C1. The molecule has 1 aliphatic carbocycles. The number of nitrogens with zero attached hydrogens (tertiary/aromatic N) is 1. The van der Waals surface area contributed by atoms with Crippen molar-refractivity contribution in [3.05, 3.63) is 0 Å². The fourth-order valence-electron chi connectivity index (χ4n) is 4.20. The predicted octanol–water partition coefficient (Wildman–Crippen LogP) is 3.26. The number of rotatable bonds is 8. The Morgan fingerprint density at radius 2 is 1.83 bits per heavy atom. The van der Waals surface area contributed by atoms with E-state index in [2.05, 4.69) is 11.8 Å². The molecule has 0 aromatic heterocycles. The van der Waals surface area contributed by atoms with E-state index in [1.807, 2.05) is 0 Å². The molecule has 3 unspecified atom stereocenters. The van der Waals surface area contributed by atoms with Crippen LogP contribution >= 0.6 is 0 Å². The molecule has 0 amide bonds. The van der Waals surface area contributed by atoms with E-state index in [0.29, 0.717) is 0 Å². The smallest absolute Gasteiger partial charge is 0.00129 e. The topological polar surface area (TPSA) is 29.3 Å². The number of nitrogens with two attached hydrogens (primary N) is 1. The average Bonchev–Trinajstić information content (AvgIpc) is 2.90. The van der Waals surface area contributed by atoms with Crippen LogP contribution in [0.25, 0.3) is 0 Å². The highest BCUT2D eigenvalue weighted by atomic mass is 15.2. The van der Waals surface area contributed by atoms with Gasteiger partial charge in [0, 0.05) is 13.1 Å². The maximum Gasteiger partial charge on any atom is 0.00129 e. The van der Waals surface area contributed by atoms with E-state index < -0.39 is 0 Å². The summed E-state index contributed by atoms with van der Waals surface area (Å²) in [6, 6.07) is 0. The Bertz CT molecular complexity index is 211. The summed E-state index contributed by atoms with van der Waals surface area (Å²) in [7, 11) is 0. The van der Waals surface area contributed by atoms with Crippen LogP contribution in [0.5, 0.6) is 0 Å². The van der Waals surface area contributed by atoms with Gasteiger partial charge in [0.15, 0.2) is 0 Å². The van der Waals surface area contributed by atoms with Gasteiger partial charge in [0.25, 0.3) is 0 Å². The Kier molecular flexibility index (Phi) is 5.97. The highest BCUT2D eigenvalue weighted by Crippen LogP contribution is 2.37. The molecule has 2 N–H and O–H groups in total. The summed E-state index contributed by atoms with van der Waals surface area (Å²) in [5.74, 6) is 3.00. The first-order valence-electron chi connectivity index (χ1n) is 8.26. The zero-order valence-electron chi connectivity index (χ0n) is 12.2. The number of hydrogen-bond acceptors (Lipinski definition) is 2. The molecular formula is C16H32N2. The van der Waals surface area contributed by atoms with Gasteiger partial charge in [0.1, 0.15) is 0 Å². The van der Waals surface area contributed by atoms with E-state index >= 15 is 0 Å². The first-order chi connectivity index (χ1) is 8.83. The first kappa shape index (κ1) is 14.3. The van der Waals surface area contributed by atoms with Gasteiger partial charge in [0.05, 0.1) is 0 Å². The molecule has 2 rings (SSSR count). The largest absolute Gasteiger partial charge is 0.330 e. The van der Waals surface area contributed by atoms with Gasteiger partial charge in [-0.25, -0.2) is 0 Å². The molecule has 18 heavy (non-hydrogen) atoms. The van der Waals surface area contributed by atoms with Crippen molar-refractivity contribution in [2.45, 2.75) is 58.3 Å². The van der Waals surface area contributed by atoms with Crippen molar-refractivity contribution in [2.75, 3.05) is 26.2 Å². The standard InChI is InChI=1S/C16H32N2/c1-2-5-14(9-10-17)6-4-11-18-12-15-7-3-8-16(15)13-18/h14-16H,2-13,17H2,1H3. The van der Waals surface area contributed by atoms with Crippen molar-refractivity contribution in [1.82, 2.24) is 4.90 Å². The average molecular weight is 252 g/mol. The lowest BCUT2D eigenvalue weighted by Gasteiger charge is -2.19. The van der Waals surface area contributed by atoms with E-state index in [1.165, 1.54) is 71.0 Å². The minimum atomic E-state index is 0.874. The lowest BCUT2D eigenvalue weighted by atomic mass is 9.94. The van der Waals surface area contributed by atoms with Crippen LogP contribution in [0.15, 0.2) is 0 Å². The molecule has 0 spiro atoms. The molecule has 2 heteroatoms. The summed E-state index contributed by atoms with van der Waals surface area (Å²) in [6.45, 7) is 7.32. The van der Waals surface area contributed by atoms with E-state index in [4.69, 9.17) is 5.73 Å². The van der Waals surface area contributed by atoms with Crippen LogP contribution in [0.2, 0.25) is 0 Å². The number of fused-ring (bicyclic) bond motifs is 1. The summed E-state index contributed by atoms with van der Waals surface area (Å²) in [6.07, 6.45) is 11.2. The van der Waals surface area contributed by atoms with E-state index in [9.17, 15) is 0 Å². The summed E-state index contributed by atoms with van der Waals surface area (Å²) in [5.41, 5.74) is 5.71. The Hall–Kier alpha value is -0.0800.